The summed E-state index contributed by atoms with van der Waals surface area (Å²) in [5.41, 5.74) is 1.18. The summed E-state index contributed by atoms with van der Waals surface area (Å²) in [5, 5.41) is 41.3. The van der Waals surface area contributed by atoms with Crippen LogP contribution in [0.5, 0.6) is 0 Å². The molecule has 0 aliphatic carbocycles. The van der Waals surface area contributed by atoms with Gasteiger partial charge in [0.1, 0.15) is 37.3 Å². The highest BCUT2D eigenvalue weighted by atomic mass is 16.7. The molecule has 196 valence electrons. The first-order chi connectivity index (χ1) is 16.6. The van der Waals surface area contributed by atoms with E-state index in [1.54, 1.807) is 24.3 Å². The van der Waals surface area contributed by atoms with E-state index in [9.17, 15) is 34.8 Å². The lowest BCUT2D eigenvalue weighted by atomic mass is 9.99. The molecular formula is C23H34N2O10. The number of carbonyl (C=O) groups is 3. The molecule has 12 nitrogen and oxygen atoms in total. The number of nitrogens with one attached hydrogen (secondary N) is 1. The van der Waals surface area contributed by atoms with Crippen LogP contribution in [0.1, 0.15) is 25.8 Å². The third-order valence-electron chi connectivity index (χ3n) is 5.62. The summed E-state index contributed by atoms with van der Waals surface area (Å²) in [6, 6.07) is 6.03. The number of hydrogen-bond acceptors (Lipinski definition) is 10. The molecule has 0 bridgehead atoms. The van der Waals surface area contributed by atoms with Crippen molar-refractivity contribution < 1.29 is 49.0 Å². The molecular weight excluding hydrogens is 464 g/mol. The first kappa shape index (κ1) is 28.6. The predicted molar refractivity (Wildman–Crippen MR) is 122 cm³/mol. The number of amides is 2. The number of rotatable bonds is 11. The van der Waals surface area contributed by atoms with Gasteiger partial charge in [-0.3, -0.25) is 4.79 Å². The molecule has 0 aromatic heterocycles. The minimum atomic E-state index is -1.56. The largest absolute Gasteiger partial charge is 0.445 e. The Labute approximate surface area is 203 Å². The van der Waals surface area contributed by atoms with Crippen LogP contribution < -0.4 is 5.32 Å². The van der Waals surface area contributed by atoms with Gasteiger partial charge >= 0.3 is 6.09 Å². The van der Waals surface area contributed by atoms with Crippen molar-refractivity contribution in [3.05, 3.63) is 29.8 Å². The van der Waals surface area contributed by atoms with E-state index in [2.05, 4.69) is 5.32 Å². The highest BCUT2D eigenvalue weighted by Crippen LogP contribution is 2.22. The molecule has 0 saturated carbocycles. The van der Waals surface area contributed by atoms with Gasteiger partial charge in [-0.15, -0.1) is 0 Å². The molecule has 1 aromatic rings. The van der Waals surface area contributed by atoms with E-state index in [1.807, 2.05) is 13.8 Å². The van der Waals surface area contributed by atoms with Gasteiger partial charge in [0.25, 0.3) is 0 Å². The smallest absolute Gasteiger partial charge is 0.410 e. The van der Waals surface area contributed by atoms with Crippen molar-refractivity contribution in [1.29, 1.82) is 0 Å². The Morgan fingerprint density at radius 2 is 1.80 bits per heavy atom. The van der Waals surface area contributed by atoms with E-state index in [0.29, 0.717) is 17.5 Å². The molecule has 1 aromatic carbocycles. The number of hydrogen-bond donors (Lipinski definition) is 5. The lowest BCUT2D eigenvalue weighted by Gasteiger charge is -2.39. The van der Waals surface area contributed by atoms with E-state index in [4.69, 9.17) is 14.2 Å². The topological polar surface area (TPSA) is 175 Å². The van der Waals surface area contributed by atoms with E-state index in [-0.39, 0.29) is 31.5 Å². The van der Waals surface area contributed by atoms with Gasteiger partial charge in [0.05, 0.1) is 25.7 Å². The molecule has 1 saturated heterocycles. The van der Waals surface area contributed by atoms with Crippen LogP contribution in [0.2, 0.25) is 0 Å². The Kier molecular flexibility index (Phi) is 11.0. The number of aliphatic hydroxyl groups is 4. The second-order valence-electron chi connectivity index (χ2n) is 8.60. The maximum absolute atomic E-state index is 12.2. The molecule has 6 atom stereocenters. The second-order valence-corrected chi connectivity index (χ2v) is 8.60. The van der Waals surface area contributed by atoms with Crippen molar-refractivity contribution in [2.75, 3.05) is 25.6 Å². The van der Waals surface area contributed by atoms with Crippen molar-refractivity contribution in [3.63, 3.8) is 0 Å². The fraction of sp³-hybridized carbons (Fsp3) is 0.609. The summed E-state index contributed by atoms with van der Waals surface area (Å²) >= 11 is 0. The maximum Gasteiger partial charge on any atom is 0.410 e. The number of aldehydes is 1. The molecule has 0 spiro atoms. The van der Waals surface area contributed by atoms with Crippen molar-refractivity contribution in [3.8, 4) is 0 Å². The van der Waals surface area contributed by atoms with Crippen LogP contribution in [0, 0.1) is 5.92 Å². The van der Waals surface area contributed by atoms with E-state index < -0.39 is 49.4 Å². The summed E-state index contributed by atoms with van der Waals surface area (Å²) in [6.07, 6.45) is -6.97. The number of ether oxygens (including phenoxy) is 3. The molecule has 2 rings (SSSR count). The third-order valence-corrected chi connectivity index (χ3v) is 5.62. The summed E-state index contributed by atoms with van der Waals surface area (Å²) in [6.45, 7) is 2.94. The Balaban J connectivity index is 1.76. The van der Waals surface area contributed by atoms with Crippen LogP contribution in [0.25, 0.3) is 0 Å². The minimum Gasteiger partial charge on any atom is -0.445 e. The molecule has 2 amide bonds. The zero-order valence-electron chi connectivity index (χ0n) is 19.9. The number of nitrogens with zero attached hydrogens (tertiary/aromatic N) is 1. The average Bonchev–Trinajstić information content (AvgIpc) is 2.83. The van der Waals surface area contributed by atoms with Gasteiger partial charge in [-0.2, -0.15) is 0 Å². The summed E-state index contributed by atoms with van der Waals surface area (Å²) in [4.78, 5) is 36.7. The van der Waals surface area contributed by atoms with Crippen LogP contribution in [0.15, 0.2) is 24.3 Å². The standard InChI is InChI=1S/C23H34N2O10/c1-13(2)16(10-26)25(3)23(32)34-12-14-4-6-15(7-5-14)24-18(28)8-9-33-22-21(31)20(30)19(29)17(11-27)35-22/h4-7,10,13,16-17,19-22,27,29-31H,8-9,11-12H2,1-3H3,(H,24,28)/t16-,17-,19?,20+,21?,22-/m1/s1. The van der Waals surface area contributed by atoms with Gasteiger partial charge in [0.2, 0.25) is 5.91 Å². The lowest BCUT2D eigenvalue weighted by Crippen LogP contribution is -2.59. The second kappa shape index (κ2) is 13.5. The molecule has 1 aliphatic heterocycles. The molecule has 1 heterocycles. The molecule has 0 radical (unpaired) electrons. The predicted octanol–water partition coefficient (Wildman–Crippen LogP) is -0.376. The van der Waals surface area contributed by atoms with Gasteiger partial charge in [-0.25, -0.2) is 4.79 Å². The van der Waals surface area contributed by atoms with Crippen LogP contribution in [-0.4, -0.2) is 101 Å². The molecule has 1 aliphatic rings. The molecule has 5 N–H and O–H groups in total. The SMILES string of the molecule is CC(C)[C@@H](C=O)N(C)C(=O)OCc1ccc(NC(=O)CCO[C@@H]2O[C@H](CO)C(O)[C@H](O)C2O)cc1. The molecule has 1 fully saturated rings. The zero-order chi connectivity index (χ0) is 26.1. The Morgan fingerprint density at radius 3 is 2.37 bits per heavy atom. The lowest BCUT2D eigenvalue weighted by molar-refractivity contribution is -0.300. The van der Waals surface area contributed by atoms with Crippen molar-refractivity contribution >= 4 is 24.0 Å². The number of anilines is 1. The van der Waals surface area contributed by atoms with Crippen molar-refractivity contribution in [2.24, 2.45) is 5.92 Å². The fourth-order valence-corrected chi connectivity index (χ4v) is 3.44. The number of benzene rings is 1. The molecule has 12 heteroatoms. The Morgan fingerprint density at radius 1 is 1.14 bits per heavy atom. The van der Waals surface area contributed by atoms with Gasteiger partial charge in [0.15, 0.2) is 6.29 Å². The van der Waals surface area contributed by atoms with Gasteiger partial charge in [-0.05, 0) is 23.6 Å². The summed E-state index contributed by atoms with van der Waals surface area (Å²) < 4.78 is 15.7. The van der Waals surface area contributed by atoms with Crippen LogP contribution in [0.3, 0.4) is 0 Å². The van der Waals surface area contributed by atoms with Crippen LogP contribution >= 0.6 is 0 Å². The first-order valence-electron chi connectivity index (χ1n) is 11.2. The molecule has 2 unspecified atom stereocenters. The number of carbonyl (C=O) groups excluding carboxylic acids is 3. The van der Waals surface area contributed by atoms with Crippen LogP contribution in [0.4, 0.5) is 10.5 Å². The first-order valence-corrected chi connectivity index (χ1v) is 11.2. The minimum absolute atomic E-state index is 0.00594. The monoisotopic (exact) mass is 498 g/mol. The Hall–Kier alpha value is -2.61. The molecule has 35 heavy (non-hydrogen) atoms. The van der Waals surface area contributed by atoms with Crippen LogP contribution in [-0.2, 0) is 30.4 Å². The Bertz CT molecular complexity index is 832. The summed E-state index contributed by atoms with van der Waals surface area (Å²) in [5.74, 6) is -0.431. The number of likely N-dealkylation sites (N-methyl/N-ethyl adjacent to an activating group) is 1. The normalized spacial score (nSPS) is 25.1. The zero-order valence-corrected chi connectivity index (χ0v) is 19.9. The highest BCUT2D eigenvalue weighted by Gasteiger charge is 2.44. The van der Waals surface area contributed by atoms with E-state index in [0.717, 1.165) is 0 Å². The third kappa shape index (κ3) is 7.95. The quantitative estimate of drug-likeness (QED) is 0.253. The highest BCUT2D eigenvalue weighted by molar-refractivity contribution is 5.90. The maximum atomic E-state index is 12.2. The van der Waals surface area contributed by atoms with Gasteiger partial charge in [-0.1, -0.05) is 26.0 Å². The van der Waals surface area contributed by atoms with E-state index >= 15 is 0 Å². The van der Waals surface area contributed by atoms with Crippen molar-refractivity contribution in [1.82, 2.24) is 4.90 Å². The van der Waals surface area contributed by atoms with Crippen molar-refractivity contribution in [2.45, 2.75) is 63.6 Å². The summed E-state index contributed by atoms with van der Waals surface area (Å²) in [7, 11) is 1.50. The van der Waals surface area contributed by atoms with E-state index in [1.165, 1.54) is 11.9 Å². The fourth-order valence-electron chi connectivity index (χ4n) is 3.44. The number of aliphatic hydroxyl groups excluding tert-OH is 4. The average molecular weight is 499 g/mol. The van der Waals surface area contributed by atoms with Gasteiger partial charge in [0, 0.05) is 12.7 Å². The van der Waals surface area contributed by atoms with Gasteiger partial charge < -0.3 is 49.6 Å².